The van der Waals surface area contributed by atoms with Crippen LogP contribution in [0, 0.1) is 11.8 Å². The van der Waals surface area contributed by atoms with Crippen LogP contribution in [0.4, 0.5) is 0 Å². The van der Waals surface area contributed by atoms with Crippen molar-refractivity contribution < 1.29 is 0 Å². The summed E-state index contributed by atoms with van der Waals surface area (Å²) >= 11 is 0. The van der Waals surface area contributed by atoms with Crippen molar-refractivity contribution in [3.05, 3.63) is 54.1 Å². The predicted octanol–water partition coefficient (Wildman–Crippen LogP) is 3.37. The van der Waals surface area contributed by atoms with E-state index in [9.17, 15) is 0 Å². The summed E-state index contributed by atoms with van der Waals surface area (Å²) in [5.41, 5.74) is 8.68. The van der Waals surface area contributed by atoms with Crippen molar-refractivity contribution in [2.45, 2.75) is 38.8 Å². The first kappa shape index (κ1) is 13.4. The summed E-state index contributed by atoms with van der Waals surface area (Å²) in [5, 5.41) is 0. The van der Waals surface area contributed by atoms with Gasteiger partial charge >= 0.3 is 0 Å². The van der Waals surface area contributed by atoms with E-state index in [-0.39, 0.29) is 6.04 Å². The molecular weight excluding hydrogens is 246 g/mol. The molecular formula is C17H23N3. The van der Waals surface area contributed by atoms with Crippen LogP contribution in [0.1, 0.15) is 43.5 Å². The van der Waals surface area contributed by atoms with Gasteiger partial charge in [-0.3, -0.25) is 0 Å². The highest BCUT2D eigenvalue weighted by Gasteiger charge is 2.25. The molecule has 3 heteroatoms. The monoisotopic (exact) mass is 269 g/mol. The molecule has 106 valence electrons. The van der Waals surface area contributed by atoms with Gasteiger partial charge in [0.15, 0.2) is 0 Å². The summed E-state index contributed by atoms with van der Waals surface area (Å²) in [6, 6.07) is 10.2. The highest BCUT2D eigenvalue weighted by Crippen LogP contribution is 2.33. The molecule has 20 heavy (non-hydrogen) atoms. The Balaban J connectivity index is 1.79. The Hall–Kier alpha value is -1.61. The number of aromatic nitrogens is 2. The fourth-order valence-electron chi connectivity index (χ4n) is 3.32. The Bertz CT molecular complexity index is 546. The summed E-state index contributed by atoms with van der Waals surface area (Å²) in [6.45, 7) is 3.42. The molecule has 1 aromatic carbocycles. The molecule has 0 radical (unpaired) electrons. The molecule has 0 aliphatic heterocycles. The zero-order chi connectivity index (χ0) is 13.9. The summed E-state index contributed by atoms with van der Waals surface area (Å²) in [4.78, 5) is 4.32. The minimum absolute atomic E-state index is 0.0876. The van der Waals surface area contributed by atoms with Crippen LogP contribution in [0.2, 0.25) is 0 Å². The van der Waals surface area contributed by atoms with E-state index >= 15 is 0 Å². The molecule has 0 amide bonds. The van der Waals surface area contributed by atoms with E-state index in [1.165, 1.54) is 19.3 Å². The van der Waals surface area contributed by atoms with Gasteiger partial charge < -0.3 is 10.3 Å². The maximum absolute atomic E-state index is 6.41. The lowest BCUT2D eigenvalue weighted by atomic mass is 9.97. The fraction of sp³-hybridized carbons (Fsp3) is 0.471. The average Bonchev–Trinajstić information content (AvgIpc) is 3.09. The van der Waals surface area contributed by atoms with Crippen LogP contribution in [0.15, 0.2) is 42.9 Å². The Kier molecular flexibility index (Phi) is 3.88. The van der Waals surface area contributed by atoms with Gasteiger partial charge in [-0.1, -0.05) is 50.1 Å². The van der Waals surface area contributed by atoms with Crippen LogP contribution in [0.5, 0.6) is 0 Å². The second-order valence-electron chi connectivity index (χ2n) is 6.03. The van der Waals surface area contributed by atoms with Crippen LogP contribution < -0.4 is 5.73 Å². The van der Waals surface area contributed by atoms with E-state index < -0.39 is 0 Å². The van der Waals surface area contributed by atoms with Gasteiger partial charge in [0.05, 0.1) is 24.3 Å². The summed E-state index contributed by atoms with van der Waals surface area (Å²) in [7, 11) is 0. The van der Waals surface area contributed by atoms with Gasteiger partial charge in [0, 0.05) is 6.54 Å². The van der Waals surface area contributed by atoms with Crippen LogP contribution in [-0.4, -0.2) is 9.55 Å². The molecule has 0 spiro atoms. The van der Waals surface area contributed by atoms with Crippen molar-refractivity contribution in [3.8, 4) is 0 Å². The number of benzene rings is 1. The smallest absolute Gasteiger partial charge is 0.0948 e. The summed E-state index contributed by atoms with van der Waals surface area (Å²) < 4.78 is 2.25. The second-order valence-corrected chi connectivity index (χ2v) is 6.03. The van der Waals surface area contributed by atoms with Gasteiger partial charge in [0.1, 0.15) is 0 Å². The molecule has 3 unspecified atom stereocenters. The molecule has 3 rings (SSSR count). The Labute approximate surface area is 120 Å². The molecule has 1 aromatic heterocycles. The second kappa shape index (κ2) is 5.80. The maximum Gasteiger partial charge on any atom is 0.0948 e. The van der Waals surface area contributed by atoms with E-state index in [1.807, 2.05) is 30.7 Å². The van der Waals surface area contributed by atoms with E-state index in [1.54, 1.807) is 0 Å². The van der Waals surface area contributed by atoms with Gasteiger partial charge in [0.25, 0.3) is 0 Å². The van der Waals surface area contributed by atoms with E-state index in [0.29, 0.717) is 0 Å². The Morgan fingerprint density at radius 1 is 1.30 bits per heavy atom. The molecule has 0 saturated heterocycles. The Morgan fingerprint density at radius 2 is 2.10 bits per heavy atom. The van der Waals surface area contributed by atoms with Gasteiger partial charge in [-0.15, -0.1) is 0 Å². The van der Waals surface area contributed by atoms with Crippen molar-refractivity contribution >= 4 is 0 Å². The molecule has 3 nitrogen and oxygen atoms in total. The first-order valence-corrected chi connectivity index (χ1v) is 7.56. The van der Waals surface area contributed by atoms with E-state index in [4.69, 9.17) is 5.73 Å². The molecule has 2 N–H and O–H groups in total. The van der Waals surface area contributed by atoms with Crippen LogP contribution >= 0.6 is 0 Å². The van der Waals surface area contributed by atoms with Crippen molar-refractivity contribution in [2.24, 2.45) is 17.6 Å². The third-order valence-electron chi connectivity index (χ3n) is 4.69. The van der Waals surface area contributed by atoms with Gasteiger partial charge in [-0.2, -0.15) is 0 Å². The van der Waals surface area contributed by atoms with Gasteiger partial charge in [-0.05, 0) is 23.8 Å². The topological polar surface area (TPSA) is 43.8 Å². The fourth-order valence-corrected chi connectivity index (χ4v) is 3.32. The lowest BCUT2D eigenvalue weighted by molar-refractivity contribution is 0.358. The molecule has 1 aliphatic rings. The summed E-state index contributed by atoms with van der Waals surface area (Å²) in [5.74, 6) is 1.59. The van der Waals surface area contributed by atoms with Crippen LogP contribution in [0.3, 0.4) is 0 Å². The van der Waals surface area contributed by atoms with Crippen molar-refractivity contribution in [3.63, 3.8) is 0 Å². The minimum atomic E-state index is -0.0876. The van der Waals surface area contributed by atoms with Gasteiger partial charge in [-0.25, -0.2) is 4.98 Å². The zero-order valence-electron chi connectivity index (χ0n) is 12.1. The quantitative estimate of drug-likeness (QED) is 0.925. The normalized spacial score (nSPS) is 23.9. The largest absolute Gasteiger partial charge is 0.333 e. The van der Waals surface area contributed by atoms with E-state index in [0.717, 1.165) is 29.6 Å². The lowest BCUT2D eigenvalue weighted by Crippen LogP contribution is -2.20. The number of hydrogen-bond donors (Lipinski definition) is 1. The predicted molar refractivity (Wildman–Crippen MR) is 81.2 cm³/mol. The van der Waals surface area contributed by atoms with Crippen molar-refractivity contribution in [1.82, 2.24) is 9.55 Å². The minimum Gasteiger partial charge on any atom is -0.333 e. The Morgan fingerprint density at radius 3 is 2.80 bits per heavy atom. The molecule has 3 atom stereocenters. The lowest BCUT2D eigenvalue weighted by Gasteiger charge is -2.20. The number of nitrogens with two attached hydrogens (primary N) is 1. The molecule has 1 heterocycles. The third-order valence-corrected chi connectivity index (χ3v) is 4.69. The highest BCUT2D eigenvalue weighted by molar-refractivity contribution is 5.26. The molecule has 0 bridgehead atoms. The standard InChI is InChI=1S/C17H23N3/c1-13-6-5-9-15(13)11-20-12-19-10-16(20)17(18)14-7-3-2-4-8-14/h2-4,7-8,10,12-13,15,17H,5-6,9,11,18H2,1H3. The first-order valence-electron chi connectivity index (χ1n) is 7.56. The summed E-state index contributed by atoms with van der Waals surface area (Å²) in [6.07, 6.45) is 7.90. The van der Waals surface area contributed by atoms with Crippen LogP contribution in [-0.2, 0) is 6.54 Å². The van der Waals surface area contributed by atoms with Crippen molar-refractivity contribution in [2.75, 3.05) is 0 Å². The molecule has 2 aromatic rings. The number of hydrogen-bond acceptors (Lipinski definition) is 2. The first-order chi connectivity index (χ1) is 9.75. The average molecular weight is 269 g/mol. The molecule has 1 saturated carbocycles. The van der Waals surface area contributed by atoms with E-state index in [2.05, 4.69) is 28.6 Å². The van der Waals surface area contributed by atoms with Crippen LogP contribution in [0.25, 0.3) is 0 Å². The number of nitrogens with zero attached hydrogens (tertiary/aromatic N) is 2. The zero-order valence-corrected chi connectivity index (χ0v) is 12.1. The number of rotatable bonds is 4. The number of imidazole rings is 1. The molecule has 1 aliphatic carbocycles. The molecule has 1 fully saturated rings. The van der Waals surface area contributed by atoms with Crippen molar-refractivity contribution in [1.29, 1.82) is 0 Å². The maximum atomic E-state index is 6.41. The van der Waals surface area contributed by atoms with Gasteiger partial charge in [0.2, 0.25) is 0 Å². The third kappa shape index (κ3) is 2.63. The highest BCUT2D eigenvalue weighted by atomic mass is 15.1. The SMILES string of the molecule is CC1CCCC1Cn1cncc1C(N)c1ccccc1.